The molecule has 0 saturated heterocycles. The van der Waals surface area contributed by atoms with Crippen molar-refractivity contribution < 1.29 is 17.9 Å². The molecule has 150 valence electrons. The smallest absolute Gasteiger partial charge is 0.422 e. The highest BCUT2D eigenvalue weighted by Gasteiger charge is 2.28. The molecule has 2 N–H and O–H groups in total. The number of ether oxygens (including phenoxy) is 1. The number of nitrogens with one attached hydrogen (secondary N) is 2. The number of guanidine groups is 1. The van der Waals surface area contributed by atoms with Gasteiger partial charge in [0, 0.05) is 30.7 Å². The molecule has 27 heavy (non-hydrogen) atoms. The maximum atomic E-state index is 12.1. The van der Waals surface area contributed by atoms with Crippen LogP contribution in [-0.2, 0) is 13.1 Å². The molecule has 0 aliphatic carbocycles. The van der Waals surface area contributed by atoms with Gasteiger partial charge in [-0.05, 0) is 19.4 Å². The third-order valence-electron chi connectivity index (χ3n) is 3.34. The van der Waals surface area contributed by atoms with Gasteiger partial charge in [0.1, 0.15) is 5.01 Å². The van der Waals surface area contributed by atoms with Crippen LogP contribution in [-0.4, -0.2) is 35.8 Å². The van der Waals surface area contributed by atoms with E-state index in [0.29, 0.717) is 19.0 Å². The fourth-order valence-corrected chi connectivity index (χ4v) is 2.81. The molecule has 2 aromatic rings. The Morgan fingerprint density at radius 1 is 1.22 bits per heavy atom. The first-order chi connectivity index (χ1) is 12.3. The molecule has 0 radical (unpaired) electrons. The molecule has 0 amide bonds. The van der Waals surface area contributed by atoms with Crippen LogP contribution in [0.3, 0.4) is 0 Å². The molecular formula is C16H21F3IN5OS. The Bertz CT molecular complexity index is 730. The van der Waals surface area contributed by atoms with Crippen LogP contribution in [0.25, 0.3) is 0 Å². The number of aryl methyl sites for hydroxylation is 2. The van der Waals surface area contributed by atoms with Crippen molar-refractivity contribution in [1.82, 2.24) is 20.6 Å². The SMILES string of the molecule is CN=C(NCc1ccc(OCC(F)(F)F)nc1)NCc1nc(C)c(C)s1.I. The standard InChI is InChI=1S/C16H20F3N5OS.HI/c1-10-11(2)26-14(24-10)8-23-15(20-3)22-7-12-4-5-13(21-6-12)25-9-16(17,18)19;/h4-6H,7-9H2,1-3H3,(H2,20,22,23);1H. The average molecular weight is 515 g/mol. The Hall–Kier alpha value is -1.63. The summed E-state index contributed by atoms with van der Waals surface area (Å²) in [6.45, 7) is 3.61. The van der Waals surface area contributed by atoms with Crippen LogP contribution in [0.5, 0.6) is 5.88 Å². The average Bonchev–Trinajstić information content (AvgIpc) is 2.91. The van der Waals surface area contributed by atoms with Crippen molar-refractivity contribution in [2.45, 2.75) is 33.1 Å². The third-order valence-corrected chi connectivity index (χ3v) is 4.42. The number of alkyl halides is 3. The normalized spacial score (nSPS) is 11.7. The predicted molar refractivity (Wildman–Crippen MR) is 110 cm³/mol. The number of halogens is 4. The van der Waals surface area contributed by atoms with Gasteiger partial charge < -0.3 is 15.4 Å². The maximum absolute atomic E-state index is 12.1. The predicted octanol–water partition coefficient (Wildman–Crippen LogP) is 3.58. The summed E-state index contributed by atoms with van der Waals surface area (Å²) in [7, 11) is 1.65. The quantitative estimate of drug-likeness (QED) is 0.350. The van der Waals surface area contributed by atoms with E-state index in [9.17, 15) is 13.2 Å². The number of hydrogen-bond donors (Lipinski definition) is 2. The van der Waals surface area contributed by atoms with Gasteiger partial charge in [-0.25, -0.2) is 9.97 Å². The largest absolute Gasteiger partial charge is 0.468 e. The molecule has 0 aliphatic heterocycles. The number of nitrogens with zero attached hydrogens (tertiary/aromatic N) is 3. The van der Waals surface area contributed by atoms with Crippen LogP contribution in [0.4, 0.5) is 13.2 Å². The van der Waals surface area contributed by atoms with Crippen molar-refractivity contribution in [1.29, 1.82) is 0 Å². The number of aromatic nitrogens is 2. The summed E-state index contributed by atoms with van der Waals surface area (Å²) >= 11 is 1.63. The van der Waals surface area contributed by atoms with E-state index in [1.807, 2.05) is 13.8 Å². The molecule has 0 spiro atoms. The minimum Gasteiger partial charge on any atom is -0.468 e. The minimum atomic E-state index is -4.38. The zero-order chi connectivity index (χ0) is 19.2. The van der Waals surface area contributed by atoms with Gasteiger partial charge in [-0.1, -0.05) is 6.07 Å². The second kappa shape index (κ2) is 10.6. The summed E-state index contributed by atoms with van der Waals surface area (Å²) in [5.41, 5.74) is 1.81. The van der Waals surface area contributed by atoms with Gasteiger partial charge in [0.2, 0.25) is 5.88 Å². The van der Waals surface area contributed by atoms with E-state index in [2.05, 4.69) is 30.3 Å². The molecule has 0 saturated carbocycles. The van der Waals surface area contributed by atoms with Crippen LogP contribution in [0.1, 0.15) is 21.1 Å². The van der Waals surface area contributed by atoms with Crippen molar-refractivity contribution in [3.05, 3.63) is 39.5 Å². The van der Waals surface area contributed by atoms with Crippen molar-refractivity contribution >= 4 is 41.3 Å². The number of aliphatic imine (C=N–C) groups is 1. The van der Waals surface area contributed by atoms with Gasteiger partial charge in [0.25, 0.3) is 0 Å². The fraction of sp³-hybridized carbons (Fsp3) is 0.438. The highest BCUT2D eigenvalue weighted by atomic mass is 127. The van der Waals surface area contributed by atoms with Crippen LogP contribution in [0.2, 0.25) is 0 Å². The molecule has 0 aromatic carbocycles. The van der Waals surface area contributed by atoms with Crippen molar-refractivity contribution in [2.75, 3.05) is 13.7 Å². The van der Waals surface area contributed by atoms with Crippen LogP contribution < -0.4 is 15.4 Å². The first-order valence-corrected chi connectivity index (χ1v) is 8.60. The summed E-state index contributed by atoms with van der Waals surface area (Å²) in [6.07, 6.45) is -2.92. The van der Waals surface area contributed by atoms with Crippen molar-refractivity contribution in [2.24, 2.45) is 4.99 Å². The topological polar surface area (TPSA) is 71.4 Å². The first-order valence-electron chi connectivity index (χ1n) is 7.78. The minimum absolute atomic E-state index is 0. The highest BCUT2D eigenvalue weighted by Crippen LogP contribution is 2.17. The van der Waals surface area contributed by atoms with E-state index >= 15 is 0 Å². The molecule has 0 aliphatic rings. The second-order valence-electron chi connectivity index (χ2n) is 5.44. The van der Waals surface area contributed by atoms with E-state index in [1.54, 1.807) is 24.5 Å². The van der Waals surface area contributed by atoms with Crippen LogP contribution in [0, 0.1) is 13.8 Å². The van der Waals surface area contributed by atoms with Crippen molar-refractivity contribution in [3.8, 4) is 5.88 Å². The molecule has 0 fully saturated rings. The lowest BCUT2D eigenvalue weighted by Gasteiger charge is -2.11. The molecule has 0 bridgehead atoms. The van der Waals surface area contributed by atoms with E-state index < -0.39 is 12.8 Å². The molecule has 0 unspecified atom stereocenters. The summed E-state index contributed by atoms with van der Waals surface area (Å²) in [5.74, 6) is 0.524. The van der Waals surface area contributed by atoms with E-state index in [4.69, 9.17) is 0 Å². The molecular weight excluding hydrogens is 494 g/mol. The van der Waals surface area contributed by atoms with Gasteiger partial charge >= 0.3 is 6.18 Å². The Balaban J connectivity index is 0.00000364. The Morgan fingerprint density at radius 2 is 1.93 bits per heavy atom. The van der Waals surface area contributed by atoms with Gasteiger partial charge in [0.15, 0.2) is 12.6 Å². The fourth-order valence-electron chi connectivity index (χ4n) is 1.94. The lowest BCUT2D eigenvalue weighted by Crippen LogP contribution is -2.36. The second-order valence-corrected chi connectivity index (χ2v) is 6.72. The van der Waals surface area contributed by atoms with Crippen molar-refractivity contribution in [3.63, 3.8) is 0 Å². The maximum Gasteiger partial charge on any atom is 0.422 e. The molecule has 2 heterocycles. The summed E-state index contributed by atoms with van der Waals surface area (Å²) < 4.78 is 40.9. The van der Waals surface area contributed by atoms with Crippen LogP contribution >= 0.6 is 35.3 Å². The zero-order valence-electron chi connectivity index (χ0n) is 15.1. The molecule has 2 rings (SSSR count). The van der Waals surface area contributed by atoms with Gasteiger partial charge in [-0.3, -0.25) is 4.99 Å². The van der Waals surface area contributed by atoms with E-state index in [1.165, 1.54) is 17.1 Å². The molecule has 0 atom stereocenters. The Kier molecular flexibility index (Phi) is 9.22. The highest BCUT2D eigenvalue weighted by molar-refractivity contribution is 14.0. The number of rotatable bonds is 6. The van der Waals surface area contributed by atoms with Crippen LogP contribution in [0.15, 0.2) is 23.3 Å². The van der Waals surface area contributed by atoms with E-state index in [-0.39, 0.29) is 29.9 Å². The number of pyridine rings is 1. The lowest BCUT2D eigenvalue weighted by molar-refractivity contribution is -0.154. The van der Waals surface area contributed by atoms with Gasteiger partial charge in [-0.15, -0.1) is 35.3 Å². The number of hydrogen-bond acceptors (Lipinski definition) is 5. The molecule has 11 heteroatoms. The molecule has 6 nitrogen and oxygen atoms in total. The Morgan fingerprint density at radius 3 is 2.44 bits per heavy atom. The summed E-state index contributed by atoms with van der Waals surface area (Å²) in [4.78, 5) is 13.6. The van der Waals surface area contributed by atoms with Gasteiger partial charge in [-0.2, -0.15) is 13.2 Å². The molecule has 2 aromatic heterocycles. The lowest BCUT2D eigenvalue weighted by atomic mass is 10.3. The summed E-state index contributed by atoms with van der Waals surface area (Å²) in [5, 5.41) is 7.24. The first kappa shape index (κ1) is 23.4. The summed E-state index contributed by atoms with van der Waals surface area (Å²) in [6, 6.07) is 3.05. The van der Waals surface area contributed by atoms with Gasteiger partial charge in [0.05, 0.1) is 12.2 Å². The number of thiazole rings is 1. The Labute approximate surface area is 176 Å². The monoisotopic (exact) mass is 515 g/mol. The zero-order valence-corrected chi connectivity index (χ0v) is 18.2. The third kappa shape index (κ3) is 8.28. The van der Waals surface area contributed by atoms with E-state index in [0.717, 1.165) is 16.3 Å².